The van der Waals surface area contributed by atoms with E-state index in [0.717, 1.165) is 11.1 Å². The summed E-state index contributed by atoms with van der Waals surface area (Å²) in [6.45, 7) is 1.81. The lowest BCUT2D eigenvalue weighted by atomic mass is 9.91. The van der Waals surface area contributed by atoms with Crippen LogP contribution in [0.15, 0.2) is 42.7 Å². The molecule has 1 aromatic heterocycles. The van der Waals surface area contributed by atoms with Gasteiger partial charge in [0.05, 0.1) is 16.9 Å². The van der Waals surface area contributed by atoms with Crippen LogP contribution in [0.25, 0.3) is 0 Å². The molecule has 164 valence electrons. The van der Waals surface area contributed by atoms with Gasteiger partial charge in [-0.2, -0.15) is 5.26 Å². The maximum absolute atomic E-state index is 11.7. The third-order valence-corrected chi connectivity index (χ3v) is 5.15. The minimum absolute atomic E-state index is 0.0100. The van der Waals surface area contributed by atoms with Crippen LogP contribution in [0.4, 0.5) is 23.0 Å². The summed E-state index contributed by atoms with van der Waals surface area (Å²) in [5, 5.41) is 26.9. The van der Waals surface area contributed by atoms with Crippen LogP contribution >= 0.6 is 23.2 Å². The van der Waals surface area contributed by atoms with Crippen molar-refractivity contribution in [3.05, 3.63) is 79.6 Å². The Hall–Kier alpha value is -3.45. The number of benzene rings is 2. The lowest BCUT2D eigenvalue weighted by Crippen LogP contribution is -2.21. The van der Waals surface area contributed by atoms with Gasteiger partial charge in [-0.25, -0.2) is 15.0 Å². The Bertz CT molecular complexity index is 1190. The van der Waals surface area contributed by atoms with Crippen LogP contribution < -0.4 is 10.7 Å². The van der Waals surface area contributed by atoms with E-state index in [4.69, 9.17) is 23.2 Å². The van der Waals surface area contributed by atoms with Crippen molar-refractivity contribution in [1.29, 1.82) is 5.26 Å². The van der Waals surface area contributed by atoms with Gasteiger partial charge in [-0.15, -0.1) is 0 Å². The van der Waals surface area contributed by atoms with Gasteiger partial charge in [-0.3, -0.25) is 15.5 Å². The van der Waals surface area contributed by atoms with E-state index in [2.05, 4.69) is 26.8 Å². The number of anilines is 3. The van der Waals surface area contributed by atoms with Crippen molar-refractivity contribution in [1.82, 2.24) is 15.0 Å². The average molecular weight is 472 g/mol. The highest BCUT2D eigenvalue weighted by molar-refractivity contribution is 6.32. The summed E-state index contributed by atoms with van der Waals surface area (Å²) in [7, 11) is 3.38. The summed E-state index contributed by atoms with van der Waals surface area (Å²) >= 11 is 12.5. The molecule has 0 fully saturated rings. The smallest absolute Gasteiger partial charge is 0.334 e. The Kier molecular flexibility index (Phi) is 7.10. The van der Waals surface area contributed by atoms with E-state index in [9.17, 15) is 15.4 Å². The first-order valence-corrected chi connectivity index (χ1v) is 10.1. The highest BCUT2D eigenvalue weighted by Gasteiger charge is 2.25. The van der Waals surface area contributed by atoms with Crippen molar-refractivity contribution in [3.8, 4) is 6.07 Å². The van der Waals surface area contributed by atoms with Crippen LogP contribution in [0.1, 0.15) is 22.6 Å². The molecule has 0 aliphatic carbocycles. The van der Waals surface area contributed by atoms with Gasteiger partial charge in [0.2, 0.25) is 11.6 Å². The summed E-state index contributed by atoms with van der Waals surface area (Å²) in [6, 6.07) is 12.6. The predicted molar refractivity (Wildman–Crippen MR) is 124 cm³/mol. The Labute approximate surface area is 194 Å². The molecule has 0 saturated carbocycles. The molecule has 0 aliphatic rings. The van der Waals surface area contributed by atoms with Gasteiger partial charge in [0.15, 0.2) is 0 Å². The summed E-state index contributed by atoms with van der Waals surface area (Å²) < 4.78 is 0. The van der Waals surface area contributed by atoms with Gasteiger partial charge in [0.1, 0.15) is 6.33 Å². The third kappa shape index (κ3) is 5.06. The molecule has 2 aromatic carbocycles. The summed E-state index contributed by atoms with van der Waals surface area (Å²) in [5.74, 6) is -0.544. The van der Waals surface area contributed by atoms with Gasteiger partial charge in [-0.05, 0) is 41.8 Å². The third-order valence-electron chi connectivity index (χ3n) is 4.57. The van der Waals surface area contributed by atoms with Crippen LogP contribution in [0, 0.1) is 28.4 Å². The zero-order valence-electron chi connectivity index (χ0n) is 17.4. The number of nitriles is 1. The van der Waals surface area contributed by atoms with E-state index < -0.39 is 10.8 Å². The fourth-order valence-electron chi connectivity index (χ4n) is 3.10. The first-order valence-electron chi connectivity index (χ1n) is 9.36. The molecule has 1 atom stereocenters. The standard InChI is InChI=1S/C21H19Cl2N7O2/c1-12-8-15(16(10-24)13-4-6-14(22)7-5-13)17(23)9-18(12)27-20-19(30(31)32)21(26-11-25-20)28-29(2)3/h4-9,11,16H,1-3H3,(H2,25,26,27,28). The summed E-state index contributed by atoms with van der Waals surface area (Å²) in [5.41, 5.74) is 5.10. The number of hydrogen-bond acceptors (Lipinski definition) is 8. The molecular weight excluding hydrogens is 453 g/mol. The molecule has 1 unspecified atom stereocenters. The minimum atomic E-state index is -0.600. The average Bonchev–Trinajstić information content (AvgIpc) is 2.72. The van der Waals surface area contributed by atoms with Crippen molar-refractivity contribution in [3.63, 3.8) is 0 Å². The number of aromatic nitrogens is 2. The Balaban J connectivity index is 2.00. The molecule has 0 saturated heterocycles. The number of halogens is 2. The number of nitro groups is 1. The molecule has 0 amide bonds. The largest absolute Gasteiger partial charge is 0.354 e. The fraction of sp³-hybridized carbons (Fsp3) is 0.190. The van der Waals surface area contributed by atoms with E-state index in [1.54, 1.807) is 50.5 Å². The van der Waals surface area contributed by atoms with Crippen molar-refractivity contribution in [2.45, 2.75) is 12.8 Å². The van der Waals surface area contributed by atoms with Crippen LogP contribution in [0.3, 0.4) is 0 Å². The van der Waals surface area contributed by atoms with E-state index in [-0.39, 0.29) is 17.3 Å². The minimum Gasteiger partial charge on any atom is -0.334 e. The normalized spacial score (nSPS) is 11.7. The Morgan fingerprint density at radius 2 is 1.81 bits per heavy atom. The lowest BCUT2D eigenvalue weighted by molar-refractivity contribution is -0.383. The molecule has 11 heteroatoms. The SMILES string of the molecule is Cc1cc(C(C#N)c2ccc(Cl)cc2)c(Cl)cc1Nc1ncnc(NN(C)C)c1[N+](=O)[O-]. The molecular formula is C21H19Cl2N7O2. The van der Waals surface area contributed by atoms with Crippen LogP contribution in [-0.4, -0.2) is 34.0 Å². The molecule has 3 aromatic rings. The van der Waals surface area contributed by atoms with Crippen LogP contribution in [0.5, 0.6) is 0 Å². The molecule has 32 heavy (non-hydrogen) atoms. The quantitative estimate of drug-likeness (QED) is 0.352. The first-order chi connectivity index (χ1) is 15.2. The zero-order chi connectivity index (χ0) is 23.4. The molecule has 0 aliphatic heterocycles. The highest BCUT2D eigenvalue weighted by Crippen LogP contribution is 2.37. The zero-order valence-corrected chi connectivity index (χ0v) is 18.9. The predicted octanol–water partition coefficient (Wildman–Crippen LogP) is 5.29. The molecule has 3 rings (SSSR count). The highest BCUT2D eigenvalue weighted by atomic mass is 35.5. The van der Waals surface area contributed by atoms with E-state index in [1.165, 1.54) is 11.3 Å². The number of hydrogen-bond donors (Lipinski definition) is 2. The van der Waals surface area contributed by atoms with Gasteiger partial charge in [0.25, 0.3) is 0 Å². The fourth-order valence-corrected chi connectivity index (χ4v) is 3.50. The monoisotopic (exact) mass is 471 g/mol. The van der Waals surface area contributed by atoms with E-state index >= 15 is 0 Å². The molecule has 0 radical (unpaired) electrons. The van der Waals surface area contributed by atoms with Crippen molar-refractivity contribution in [2.24, 2.45) is 0 Å². The van der Waals surface area contributed by atoms with Gasteiger partial charge >= 0.3 is 5.69 Å². The van der Waals surface area contributed by atoms with E-state index in [1.807, 2.05) is 6.92 Å². The second kappa shape index (κ2) is 9.78. The lowest BCUT2D eigenvalue weighted by Gasteiger charge is -2.17. The number of nitrogens with one attached hydrogen (secondary N) is 2. The number of hydrazine groups is 1. The van der Waals surface area contributed by atoms with Gasteiger partial charge in [-0.1, -0.05) is 41.4 Å². The number of aryl methyl sites for hydroxylation is 1. The Morgan fingerprint density at radius 1 is 1.16 bits per heavy atom. The first kappa shape index (κ1) is 23.2. The van der Waals surface area contributed by atoms with Gasteiger partial charge in [0, 0.05) is 29.8 Å². The van der Waals surface area contributed by atoms with E-state index in [0.29, 0.717) is 21.3 Å². The second-order valence-corrected chi connectivity index (χ2v) is 7.95. The van der Waals surface area contributed by atoms with Crippen molar-refractivity contribution in [2.75, 3.05) is 24.8 Å². The molecule has 9 nitrogen and oxygen atoms in total. The van der Waals surface area contributed by atoms with Crippen LogP contribution in [-0.2, 0) is 0 Å². The van der Waals surface area contributed by atoms with Crippen LogP contribution in [0.2, 0.25) is 10.0 Å². The molecule has 1 heterocycles. The van der Waals surface area contributed by atoms with Crippen molar-refractivity contribution < 1.29 is 4.92 Å². The maximum Gasteiger partial charge on any atom is 0.354 e. The number of nitrogens with zero attached hydrogens (tertiary/aromatic N) is 5. The Morgan fingerprint density at radius 3 is 2.41 bits per heavy atom. The second-order valence-electron chi connectivity index (χ2n) is 7.11. The molecule has 0 bridgehead atoms. The molecule has 0 spiro atoms. The topological polar surface area (TPSA) is 120 Å². The van der Waals surface area contributed by atoms with Gasteiger partial charge < -0.3 is 5.32 Å². The summed E-state index contributed by atoms with van der Waals surface area (Å²) in [4.78, 5) is 19.1. The maximum atomic E-state index is 11.7. The number of rotatable bonds is 7. The van der Waals surface area contributed by atoms with Crippen molar-refractivity contribution >= 4 is 46.2 Å². The summed E-state index contributed by atoms with van der Waals surface area (Å²) in [6.07, 6.45) is 1.22. The molecule has 2 N–H and O–H groups in total.